The van der Waals surface area contributed by atoms with Gasteiger partial charge in [0.1, 0.15) is 11.2 Å². The fourth-order valence-electron chi connectivity index (χ4n) is 3.02. The number of halogens is 3. The Kier molecular flexibility index (Phi) is 6.13. The summed E-state index contributed by atoms with van der Waals surface area (Å²) in [6, 6.07) is 1.86. The van der Waals surface area contributed by atoms with E-state index in [2.05, 4.69) is 20.9 Å². The molecule has 2 aromatic rings. The zero-order chi connectivity index (χ0) is 23.7. The number of sulfonamides is 1. The highest BCUT2D eigenvalue weighted by atomic mass is 32.2. The van der Waals surface area contributed by atoms with E-state index < -0.39 is 38.8 Å². The number of ether oxygens (including phenoxy) is 1. The summed E-state index contributed by atoms with van der Waals surface area (Å²) in [5, 5.41) is 0. The number of hydrogen-bond donors (Lipinski definition) is 1. The summed E-state index contributed by atoms with van der Waals surface area (Å²) in [4.78, 5) is 11.7. The molecule has 3 rings (SSSR count). The zero-order valence-electron chi connectivity index (χ0n) is 17.0. The van der Waals surface area contributed by atoms with Gasteiger partial charge in [-0.15, -0.1) is 6.42 Å². The predicted molar refractivity (Wildman–Crippen MR) is 112 cm³/mol. The maximum atomic E-state index is 14.7. The molecule has 2 N–H and O–H groups in total. The van der Waals surface area contributed by atoms with Crippen LogP contribution in [-0.2, 0) is 15.6 Å². The molecule has 1 aromatic carbocycles. The molecule has 0 aliphatic carbocycles. The Morgan fingerprint density at radius 3 is 2.69 bits per heavy atom. The smallest absolute Gasteiger partial charge is 0.239 e. The van der Waals surface area contributed by atoms with E-state index in [1.165, 1.54) is 14.0 Å². The van der Waals surface area contributed by atoms with Crippen molar-refractivity contribution >= 4 is 27.9 Å². The second kappa shape index (κ2) is 8.51. The first kappa shape index (κ1) is 23.1. The van der Waals surface area contributed by atoms with Crippen LogP contribution in [-0.4, -0.2) is 48.1 Å². The molecule has 0 fully saturated rings. The fourth-order valence-corrected chi connectivity index (χ4v) is 4.47. The molecule has 0 bridgehead atoms. The number of nitrogens with zero attached hydrogens (tertiary/aromatic N) is 4. The van der Waals surface area contributed by atoms with Gasteiger partial charge in [-0.1, -0.05) is 5.92 Å². The van der Waals surface area contributed by atoms with Gasteiger partial charge in [-0.3, -0.25) is 0 Å². The molecule has 0 spiro atoms. The van der Waals surface area contributed by atoms with E-state index in [1.54, 1.807) is 0 Å². The number of nitrogens with two attached hydrogens (primary N) is 1. The number of aliphatic imine (C=N–C) groups is 1. The summed E-state index contributed by atoms with van der Waals surface area (Å²) in [6.07, 6.45) is 8.20. The zero-order valence-corrected chi connectivity index (χ0v) is 17.8. The van der Waals surface area contributed by atoms with Gasteiger partial charge in [0.05, 0.1) is 18.1 Å². The van der Waals surface area contributed by atoms with Gasteiger partial charge >= 0.3 is 0 Å². The van der Waals surface area contributed by atoms with Crippen LogP contribution in [0.3, 0.4) is 0 Å². The number of rotatable bonds is 5. The van der Waals surface area contributed by atoms with E-state index in [1.807, 2.05) is 0 Å². The van der Waals surface area contributed by atoms with Crippen molar-refractivity contribution in [3.63, 3.8) is 0 Å². The van der Waals surface area contributed by atoms with Crippen molar-refractivity contribution in [2.75, 3.05) is 19.4 Å². The molecule has 0 radical (unpaired) electrons. The first-order valence-electron chi connectivity index (χ1n) is 9.04. The number of guanidine groups is 1. The van der Waals surface area contributed by atoms with Crippen molar-refractivity contribution in [2.45, 2.75) is 12.5 Å². The Morgan fingerprint density at radius 2 is 2.09 bits per heavy atom. The molecule has 0 saturated heterocycles. The maximum Gasteiger partial charge on any atom is 0.239 e. The molecule has 168 valence electrons. The van der Waals surface area contributed by atoms with Gasteiger partial charge in [-0.05, 0) is 30.7 Å². The van der Waals surface area contributed by atoms with Crippen molar-refractivity contribution in [2.24, 2.45) is 10.7 Å². The van der Waals surface area contributed by atoms with E-state index in [-0.39, 0.29) is 35.3 Å². The normalized spacial score (nSPS) is 20.4. The van der Waals surface area contributed by atoms with E-state index in [9.17, 15) is 21.6 Å². The summed E-state index contributed by atoms with van der Waals surface area (Å²) in [5.41, 5.74) is 3.27. The number of terminal acetylenes is 1. The van der Waals surface area contributed by atoms with Crippen LogP contribution in [0.5, 0.6) is 5.88 Å². The van der Waals surface area contributed by atoms with Crippen molar-refractivity contribution in [3.05, 3.63) is 53.0 Å². The van der Waals surface area contributed by atoms with Gasteiger partial charge in [-0.2, -0.15) is 0 Å². The van der Waals surface area contributed by atoms with Gasteiger partial charge in [0.2, 0.25) is 21.9 Å². The standard InChI is InChI=1S/C20H18F3N5O3S/c1-4-5-31-17-10-25-16(9-26-17)14(21)7-12-6-13(18(23)15(22)8-12)20(2)11-32(29,30)28(3)19(24)27-20/h1,6-10H,5,11H2,2-3H3,(H2,24,27). The molecule has 1 aromatic heterocycles. The number of aromatic nitrogens is 2. The van der Waals surface area contributed by atoms with Crippen LogP contribution >= 0.6 is 0 Å². The molecule has 1 unspecified atom stereocenters. The van der Waals surface area contributed by atoms with Gasteiger partial charge in [0, 0.05) is 12.6 Å². The van der Waals surface area contributed by atoms with Crippen molar-refractivity contribution in [1.29, 1.82) is 0 Å². The highest BCUT2D eigenvalue weighted by Gasteiger charge is 2.42. The second-order valence-electron chi connectivity index (χ2n) is 7.06. The number of benzene rings is 1. The summed E-state index contributed by atoms with van der Waals surface area (Å²) in [6.45, 7) is 1.26. The lowest BCUT2D eigenvalue weighted by molar-refractivity contribution is 0.353. The van der Waals surface area contributed by atoms with Crippen LogP contribution < -0.4 is 10.5 Å². The van der Waals surface area contributed by atoms with Gasteiger partial charge < -0.3 is 10.5 Å². The first-order valence-corrected chi connectivity index (χ1v) is 10.6. The largest absolute Gasteiger partial charge is 0.463 e. The molecule has 8 nitrogen and oxygen atoms in total. The average Bonchev–Trinajstić information content (AvgIpc) is 2.72. The average molecular weight is 465 g/mol. The second-order valence-corrected chi connectivity index (χ2v) is 9.06. The van der Waals surface area contributed by atoms with E-state index in [0.29, 0.717) is 0 Å². The molecule has 32 heavy (non-hydrogen) atoms. The number of hydrogen-bond acceptors (Lipinski definition) is 7. The Bertz CT molecular complexity index is 1260. The minimum Gasteiger partial charge on any atom is -0.463 e. The van der Waals surface area contributed by atoms with Crippen molar-refractivity contribution in [1.82, 2.24) is 14.3 Å². The molecule has 0 amide bonds. The molecular formula is C20H18F3N5O3S. The third-order valence-electron chi connectivity index (χ3n) is 4.67. The van der Waals surface area contributed by atoms with E-state index in [0.717, 1.165) is 34.9 Å². The summed E-state index contributed by atoms with van der Waals surface area (Å²) in [5.74, 6) is -2.23. The fraction of sp³-hybridized carbons (Fsp3) is 0.250. The third-order valence-corrected chi connectivity index (χ3v) is 6.61. The Morgan fingerprint density at radius 1 is 1.38 bits per heavy atom. The monoisotopic (exact) mass is 465 g/mol. The van der Waals surface area contributed by atoms with Crippen LogP contribution in [0.1, 0.15) is 23.7 Å². The first-order chi connectivity index (χ1) is 15.0. The van der Waals surface area contributed by atoms with E-state index in [4.69, 9.17) is 16.9 Å². The highest BCUT2D eigenvalue weighted by Crippen LogP contribution is 2.35. The molecule has 1 aliphatic rings. The SMILES string of the molecule is C#CCOc1cnc(C(F)=Cc2cc(F)c(F)c(C3(C)CS(=O)(=O)N(C)C(N)=N3)c2)cn1. The lowest BCUT2D eigenvalue weighted by Crippen LogP contribution is -2.50. The Balaban J connectivity index is 2.01. The van der Waals surface area contributed by atoms with Gasteiger partial charge in [0.15, 0.2) is 24.1 Å². The molecule has 12 heteroatoms. The molecule has 1 atom stereocenters. The van der Waals surface area contributed by atoms with E-state index >= 15 is 0 Å². The lowest BCUT2D eigenvalue weighted by Gasteiger charge is -2.34. The van der Waals surface area contributed by atoms with Crippen LogP contribution in [0.15, 0.2) is 29.5 Å². The quantitative estimate of drug-likeness (QED) is 0.677. The van der Waals surface area contributed by atoms with Crippen LogP contribution in [0.4, 0.5) is 13.2 Å². The summed E-state index contributed by atoms with van der Waals surface area (Å²) in [7, 11) is -2.73. The van der Waals surface area contributed by atoms with Gasteiger partial charge in [0.25, 0.3) is 0 Å². The summed E-state index contributed by atoms with van der Waals surface area (Å²) < 4.78 is 74.1. The third kappa shape index (κ3) is 4.52. The lowest BCUT2D eigenvalue weighted by atomic mass is 9.92. The minimum absolute atomic E-state index is 0.0404. The van der Waals surface area contributed by atoms with Crippen molar-refractivity contribution in [3.8, 4) is 18.2 Å². The molecule has 0 saturated carbocycles. The molecular weight excluding hydrogens is 447 g/mol. The minimum atomic E-state index is -3.93. The Hall–Kier alpha value is -3.59. The van der Waals surface area contributed by atoms with Crippen LogP contribution in [0.25, 0.3) is 11.9 Å². The maximum absolute atomic E-state index is 14.7. The topological polar surface area (TPSA) is 111 Å². The predicted octanol–water partition coefficient (Wildman–Crippen LogP) is 2.04. The summed E-state index contributed by atoms with van der Waals surface area (Å²) >= 11 is 0. The van der Waals surface area contributed by atoms with Gasteiger partial charge in [-0.25, -0.2) is 40.9 Å². The van der Waals surface area contributed by atoms with Crippen LogP contribution in [0, 0.1) is 24.0 Å². The molecule has 1 aliphatic heterocycles. The Labute approximate surface area is 182 Å². The highest BCUT2D eigenvalue weighted by molar-refractivity contribution is 7.89. The molecule has 2 heterocycles. The van der Waals surface area contributed by atoms with Crippen LogP contribution in [0.2, 0.25) is 0 Å². The van der Waals surface area contributed by atoms with Crippen molar-refractivity contribution < 1.29 is 26.3 Å².